The Bertz CT molecular complexity index is 356. The third-order valence-electron chi connectivity index (χ3n) is 3.42. The molecular weight excluding hydrogens is 290 g/mol. The molecule has 1 rings (SSSR count). The van der Waals surface area contributed by atoms with E-state index in [2.05, 4.69) is 60.8 Å². The molecule has 0 amide bonds. The van der Waals surface area contributed by atoms with Gasteiger partial charge in [0, 0.05) is 24.6 Å². The molecule has 0 radical (unpaired) electrons. The third-order valence-corrected chi connectivity index (χ3v) is 4.20. The summed E-state index contributed by atoms with van der Waals surface area (Å²) in [6, 6.07) is 8.22. The van der Waals surface area contributed by atoms with Gasteiger partial charge < -0.3 is 9.64 Å². The van der Waals surface area contributed by atoms with Crippen molar-refractivity contribution in [3.8, 4) is 5.75 Å². The average Bonchev–Trinajstić information content (AvgIpc) is 2.34. The molecule has 1 aromatic carbocycles. The summed E-state index contributed by atoms with van der Waals surface area (Å²) in [7, 11) is 3.84. The van der Waals surface area contributed by atoms with E-state index < -0.39 is 0 Å². The number of alkyl halides is 1. The molecule has 0 aliphatic rings. The van der Waals surface area contributed by atoms with E-state index in [1.54, 1.807) is 7.11 Å². The van der Waals surface area contributed by atoms with E-state index >= 15 is 0 Å². The molecule has 1 unspecified atom stereocenters. The van der Waals surface area contributed by atoms with Crippen molar-refractivity contribution in [1.82, 2.24) is 0 Å². The summed E-state index contributed by atoms with van der Waals surface area (Å²) in [6.45, 7) is 7.92. The lowest BCUT2D eigenvalue weighted by Crippen LogP contribution is -2.34. The predicted octanol–water partition coefficient (Wildman–Crippen LogP) is 4.19. The Kier molecular flexibility index (Phi) is 5.51. The molecule has 0 heterocycles. The van der Waals surface area contributed by atoms with E-state index in [0.29, 0.717) is 11.3 Å². The van der Waals surface area contributed by atoms with Crippen LogP contribution in [0.2, 0.25) is 0 Å². The van der Waals surface area contributed by atoms with E-state index in [1.165, 1.54) is 5.69 Å². The van der Waals surface area contributed by atoms with Gasteiger partial charge in [0.2, 0.25) is 0 Å². The molecule has 0 aliphatic heterocycles. The Morgan fingerprint density at radius 3 is 2.17 bits per heavy atom. The van der Waals surface area contributed by atoms with Crippen LogP contribution in [-0.4, -0.2) is 26.0 Å². The fourth-order valence-electron chi connectivity index (χ4n) is 1.83. The van der Waals surface area contributed by atoms with Crippen molar-refractivity contribution in [2.24, 2.45) is 11.3 Å². The molecule has 0 saturated carbocycles. The van der Waals surface area contributed by atoms with Gasteiger partial charge in [-0.25, -0.2) is 0 Å². The zero-order valence-corrected chi connectivity index (χ0v) is 13.6. The molecule has 1 aromatic rings. The van der Waals surface area contributed by atoms with Gasteiger partial charge >= 0.3 is 0 Å². The minimum absolute atomic E-state index is 0.310. The molecule has 0 aliphatic carbocycles. The highest BCUT2D eigenvalue weighted by molar-refractivity contribution is 9.09. The summed E-state index contributed by atoms with van der Waals surface area (Å²) in [5, 5.41) is 1.02. The van der Waals surface area contributed by atoms with Gasteiger partial charge in [0.25, 0.3) is 0 Å². The maximum atomic E-state index is 5.18. The van der Waals surface area contributed by atoms with Crippen LogP contribution >= 0.6 is 15.9 Å². The first-order valence-corrected chi connectivity index (χ1v) is 7.41. The zero-order chi connectivity index (χ0) is 13.8. The second-order valence-electron chi connectivity index (χ2n) is 5.80. The van der Waals surface area contributed by atoms with Crippen LogP contribution in [0.15, 0.2) is 24.3 Å². The lowest BCUT2D eigenvalue weighted by molar-refractivity contribution is 0.273. The molecule has 0 aromatic heterocycles. The molecular formula is C15H24BrNO. The van der Waals surface area contributed by atoms with E-state index in [1.807, 2.05) is 12.1 Å². The van der Waals surface area contributed by atoms with E-state index in [0.717, 1.165) is 17.6 Å². The fraction of sp³-hybridized carbons (Fsp3) is 0.600. The number of hydrogen-bond donors (Lipinski definition) is 0. The minimum atomic E-state index is 0.310. The van der Waals surface area contributed by atoms with E-state index in [-0.39, 0.29) is 0 Å². The molecule has 0 spiro atoms. The largest absolute Gasteiger partial charge is 0.497 e. The van der Waals surface area contributed by atoms with Crippen molar-refractivity contribution in [2.45, 2.75) is 20.8 Å². The number of methoxy groups -OCH3 is 1. The molecule has 2 nitrogen and oxygen atoms in total. The normalized spacial score (nSPS) is 13.2. The van der Waals surface area contributed by atoms with E-state index in [4.69, 9.17) is 4.74 Å². The Morgan fingerprint density at radius 1 is 1.22 bits per heavy atom. The summed E-state index contributed by atoms with van der Waals surface area (Å²) < 4.78 is 5.18. The number of benzene rings is 1. The molecule has 0 bridgehead atoms. The average molecular weight is 314 g/mol. The highest BCUT2D eigenvalue weighted by atomic mass is 79.9. The van der Waals surface area contributed by atoms with Crippen molar-refractivity contribution in [2.75, 3.05) is 30.9 Å². The zero-order valence-electron chi connectivity index (χ0n) is 12.0. The Labute approximate surface area is 119 Å². The summed E-state index contributed by atoms with van der Waals surface area (Å²) in [5.41, 5.74) is 1.54. The third kappa shape index (κ3) is 4.20. The highest BCUT2D eigenvalue weighted by Crippen LogP contribution is 2.29. The molecule has 18 heavy (non-hydrogen) atoms. The van der Waals surface area contributed by atoms with E-state index in [9.17, 15) is 0 Å². The van der Waals surface area contributed by atoms with Gasteiger partial charge in [0.1, 0.15) is 5.75 Å². The fourth-order valence-corrected chi connectivity index (χ4v) is 3.00. The standard InChI is InChI=1S/C15H24BrNO/c1-15(2,3)12(10-16)11-17(4)13-6-8-14(18-5)9-7-13/h6-9,12H,10-11H2,1-5H3. The van der Waals surface area contributed by atoms with Gasteiger partial charge in [-0.2, -0.15) is 0 Å². The SMILES string of the molecule is COc1ccc(N(C)CC(CBr)C(C)(C)C)cc1. The molecule has 1 atom stereocenters. The van der Waals surface area contributed by atoms with Gasteiger partial charge in [-0.15, -0.1) is 0 Å². The molecule has 3 heteroatoms. The first-order valence-electron chi connectivity index (χ1n) is 6.29. The smallest absolute Gasteiger partial charge is 0.119 e. The molecule has 0 fully saturated rings. The number of nitrogens with zero attached hydrogens (tertiary/aromatic N) is 1. The Hall–Kier alpha value is -0.700. The minimum Gasteiger partial charge on any atom is -0.497 e. The maximum absolute atomic E-state index is 5.18. The van der Waals surface area contributed by atoms with Gasteiger partial charge in [0.05, 0.1) is 7.11 Å². The highest BCUT2D eigenvalue weighted by Gasteiger charge is 2.24. The van der Waals surface area contributed by atoms with Gasteiger partial charge in [-0.3, -0.25) is 0 Å². The quantitative estimate of drug-likeness (QED) is 0.756. The van der Waals surface area contributed by atoms with Crippen molar-refractivity contribution < 1.29 is 4.74 Å². The Morgan fingerprint density at radius 2 is 1.78 bits per heavy atom. The van der Waals surface area contributed by atoms with Crippen molar-refractivity contribution in [3.63, 3.8) is 0 Å². The van der Waals surface area contributed by atoms with Gasteiger partial charge in [-0.1, -0.05) is 36.7 Å². The van der Waals surface area contributed by atoms with Crippen molar-refractivity contribution in [3.05, 3.63) is 24.3 Å². The van der Waals surface area contributed by atoms with Crippen LogP contribution in [0.5, 0.6) is 5.75 Å². The topological polar surface area (TPSA) is 12.5 Å². The number of halogens is 1. The predicted molar refractivity (Wildman–Crippen MR) is 83.0 cm³/mol. The van der Waals surface area contributed by atoms with Crippen LogP contribution in [0, 0.1) is 11.3 Å². The van der Waals surface area contributed by atoms with Crippen LogP contribution in [0.4, 0.5) is 5.69 Å². The maximum Gasteiger partial charge on any atom is 0.119 e. The lowest BCUT2D eigenvalue weighted by atomic mass is 9.82. The van der Waals surface area contributed by atoms with Crippen LogP contribution in [0.1, 0.15) is 20.8 Å². The lowest BCUT2D eigenvalue weighted by Gasteiger charge is -2.33. The summed E-state index contributed by atoms with van der Waals surface area (Å²) in [6.07, 6.45) is 0. The summed E-state index contributed by atoms with van der Waals surface area (Å²) in [5.74, 6) is 1.52. The second-order valence-corrected chi connectivity index (χ2v) is 6.44. The Balaban J connectivity index is 2.71. The monoisotopic (exact) mass is 313 g/mol. The first-order chi connectivity index (χ1) is 8.38. The van der Waals surface area contributed by atoms with Crippen LogP contribution in [0.25, 0.3) is 0 Å². The van der Waals surface area contributed by atoms with Gasteiger partial charge in [0.15, 0.2) is 0 Å². The number of anilines is 1. The molecule has 0 saturated heterocycles. The first kappa shape index (κ1) is 15.4. The number of hydrogen-bond acceptors (Lipinski definition) is 2. The molecule has 0 N–H and O–H groups in total. The van der Waals surface area contributed by atoms with Crippen LogP contribution in [0.3, 0.4) is 0 Å². The summed E-state index contributed by atoms with van der Waals surface area (Å²) in [4.78, 5) is 2.30. The second kappa shape index (κ2) is 6.46. The van der Waals surface area contributed by atoms with Gasteiger partial charge in [-0.05, 0) is 35.6 Å². The number of ether oxygens (including phenoxy) is 1. The van der Waals surface area contributed by atoms with Crippen LogP contribution < -0.4 is 9.64 Å². The summed E-state index contributed by atoms with van der Waals surface area (Å²) >= 11 is 3.63. The van der Waals surface area contributed by atoms with Crippen LogP contribution in [-0.2, 0) is 0 Å². The number of rotatable bonds is 5. The van der Waals surface area contributed by atoms with Crippen molar-refractivity contribution >= 4 is 21.6 Å². The van der Waals surface area contributed by atoms with Crippen molar-refractivity contribution in [1.29, 1.82) is 0 Å². The molecule has 102 valence electrons.